The van der Waals surface area contributed by atoms with Crippen LogP contribution in [0.15, 0.2) is 24.3 Å². The summed E-state index contributed by atoms with van der Waals surface area (Å²) in [4.78, 5) is 30.6. The third-order valence-corrected chi connectivity index (χ3v) is 7.71. The lowest BCUT2D eigenvalue weighted by molar-refractivity contribution is -1.00. The molecule has 0 aromatic heterocycles. The van der Waals surface area contributed by atoms with Crippen molar-refractivity contribution in [1.82, 2.24) is 4.90 Å². The molecule has 0 bridgehead atoms. The number of para-hydroxylation sites is 1. The normalized spacial score (nSPS) is 28.6. The number of anilines is 1. The molecule has 1 saturated carbocycles. The number of quaternary nitrogens is 2. The Morgan fingerprint density at radius 1 is 0.968 bits per heavy atom. The van der Waals surface area contributed by atoms with E-state index in [4.69, 9.17) is 0 Å². The van der Waals surface area contributed by atoms with Crippen LogP contribution in [0.5, 0.6) is 0 Å². The predicted octanol–water partition coefficient (Wildman–Crippen LogP) is 0.152. The third kappa shape index (κ3) is 5.66. The minimum absolute atomic E-state index is 0.0899. The Kier molecular flexibility index (Phi) is 7.62. The second kappa shape index (κ2) is 10.6. The van der Waals surface area contributed by atoms with Crippen LogP contribution in [0, 0.1) is 5.92 Å². The van der Waals surface area contributed by atoms with Crippen molar-refractivity contribution in [3.63, 3.8) is 0 Å². The van der Waals surface area contributed by atoms with Crippen LogP contribution in [0.3, 0.4) is 0 Å². The molecular formula is C25H40N4O2+2. The summed E-state index contributed by atoms with van der Waals surface area (Å²) >= 11 is 0. The van der Waals surface area contributed by atoms with Crippen molar-refractivity contribution >= 4 is 17.5 Å². The van der Waals surface area contributed by atoms with Gasteiger partial charge in [-0.1, -0.05) is 38.0 Å². The van der Waals surface area contributed by atoms with Crippen LogP contribution in [0.2, 0.25) is 0 Å². The van der Waals surface area contributed by atoms with Gasteiger partial charge in [0.15, 0.2) is 13.1 Å². The Labute approximate surface area is 187 Å². The number of hydrogen-bond donors (Lipinski definition) is 3. The number of fused-ring (bicyclic) bond motifs is 1. The number of amides is 2. The highest BCUT2D eigenvalue weighted by atomic mass is 16.2. The highest BCUT2D eigenvalue weighted by molar-refractivity contribution is 5.92. The standard InChI is InChI=1S/C25H38N4O2/c1-2-20-8-3-5-11-22(20)26-24(30)18-27-14-16-28(17-15-27)19-25(31)29-13-7-10-21-9-4-6-12-23(21)29/h3,5,8,11,21,23H,2,4,6-7,9-10,12-19H2,1H3,(H,26,30)/p+2/t21-,23-/m1/s1. The smallest absolute Gasteiger partial charge is 0.279 e. The maximum Gasteiger partial charge on any atom is 0.279 e. The lowest BCUT2D eigenvalue weighted by Crippen LogP contribution is -3.28. The zero-order valence-corrected chi connectivity index (χ0v) is 19.1. The number of hydrogen-bond acceptors (Lipinski definition) is 2. The first-order valence-electron chi connectivity index (χ1n) is 12.5. The van der Waals surface area contributed by atoms with Crippen molar-refractivity contribution in [1.29, 1.82) is 0 Å². The fourth-order valence-electron chi connectivity index (χ4n) is 5.93. The van der Waals surface area contributed by atoms with E-state index in [0.717, 1.165) is 50.7 Å². The van der Waals surface area contributed by atoms with Crippen molar-refractivity contribution in [2.75, 3.05) is 51.1 Å². The summed E-state index contributed by atoms with van der Waals surface area (Å²) in [6, 6.07) is 8.55. The van der Waals surface area contributed by atoms with Crippen LogP contribution in [0.4, 0.5) is 5.69 Å². The van der Waals surface area contributed by atoms with Gasteiger partial charge in [-0.2, -0.15) is 0 Å². The van der Waals surface area contributed by atoms with Gasteiger partial charge in [0.2, 0.25) is 0 Å². The van der Waals surface area contributed by atoms with Crippen LogP contribution in [0.25, 0.3) is 0 Å². The molecule has 3 fully saturated rings. The maximum absolute atomic E-state index is 13.1. The number of carbonyl (C=O) groups excluding carboxylic acids is 2. The van der Waals surface area contributed by atoms with E-state index in [1.807, 2.05) is 18.2 Å². The minimum atomic E-state index is 0.0899. The van der Waals surface area contributed by atoms with E-state index in [0.29, 0.717) is 25.0 Å². The molecule has 3 aliphatic rings. The predicted molar refractivity (Wildman–Crippen MR) is 122 cm³/mol. The molecule has 2 amide bonds. The van der Waals surface area contributed by atoms with E-state index >= 15 is 0 Å². The van der Waals surface area contributed by atoms with Gasteiger partial charge in [0.05, 0.1) is 0 Å². The molecule has 31 heavy (non-hydrogen) atoms. The van der Waals surface area contributed by atoms with Gasteiger partial charge in [-0.05, 0) is 49.7 Å². The van der Waals surface area contributed by atoms with Crippen LogP contribution in [-0.2, 0) is 16.0 Å². The zero-order chi connectivity index (χ0) is 21.6. The number of likely N-dealkylation sites (tertiary alicyclic amines) is 1. The lowest BCUT2D eigenvalue weighted by Gasteiger charge is -2.44. The average molecular weight is 429 g/mol. The second-order valence-corrected chi connectivity index (χ2v) is 9.75. The molecule has 3 N–H and O–H groups in total. The summed E-state index contributed by atoms with van der Waals surface area (Å²) in [6.45, 7) is 8.07. The number of nitrogens with one attached hydrogen (secondary N) is 3. The Hall–Kier alpha value is -1.92. The van der Waals surface area contributed by atoms with E-state index < -0.39 is 0 Å². The first-order valence-corrected chi connectivity index (χ1v) is 12.5. The Balaban J connectivity index is 1.21. The molecule has 6 heteroatoms. The number of rotatable bonds is 6. The Morgan fingerprint density at radius 2 is 1.65 bits per heavy atom. The number of benzene rings is 1. The second-order valence-electron chi connectivity index (χ2n) is 9.75. The molecule has 0 unspecified atom stereocenters. The molecule has 1 aromatic carbocycles. The van der Waals surface area contributed by atoms with E-state index in [1.54, 1.807) is 0 Å². The highest BCUT2D eigenvalue weighted by Crippen LogP contribution is 2.35. The number of aryl methyl sites for hydroxylation is 1. The Morgan fingerprint density at radius 3 is 2.42 bits per heavy atom. The number of piperazine rings is 1. The largest absolute Gasteiger partial charge is 0.335 e. The number of piperidine rings is 1. The monoisotopic (exact) mass is 428 g/mol. The van der Waals surface area contributed by atoms with Crippen molar-refractivity contribution in [2.45, 2.75) is 57.9 Å². The van der Waals surface area contributed by atoms with Gasteiger partial charge in [0, 0.05) is 18.3 Å². The quantitative estimate of drug-likeness (QED) is 0.604. The van der Waals surface area contributed by atoms with Crippen molar-refractivity contribution in [2.24, 2.45) is 5.92 Å². The molecule has 2 aliphatic heterocycles. The number of carbonyl (C=O) groups is 2. The molecule has 1 aromatic rings. The molecule has 2 atom stereocenters. The summed E-state index contributed by atoms with van der Waals surface area (Å²) in [6.07, 6.45) is 8.55. The van der Waals surface area contributed by atoms with Crippen molar-refractivity contribution < 1.29 is 19.4 Å². The van der Waals surface area contributed by atoms with Crippen LogP contribution in [-0.4, -0.2) is 68.6 Å². The van der Waals surface area contributed by atoms with Crippen LogP contribution in [0.1, 0.15) is 51.0 Å². The fourth-order valence-corrected chi connectivity index (χ4v) is 5.93. The minimum Gasteiger partial charge on any atom is -0.335 e. The first-order chi connectivity index (χ1) is 15.1. The molecule has 0 radical (unpaired) electrons. The average Bonchev–Trinajstić information content (AvgIpc) is 2.80. The third-order valence-electron chi connectivity index (χ3n) is 7.71. The van der Waals surface area contributed by atoms with E-state index in [9.17, 15) is 9.59 Å². The van der Waals surface area contributed by atoms with Gasteiger partial charge in [0.1, 0.15) is 26.2 Å². The van der Waals surface area contributed by atoms with E-state index in [1.165, 1.54) is 53.9 Å². The maximum atomic E-state index is 13.1. The van der Waals surface area contributed by atoms with Crippen LogP contribution >= 0.6 is 0 Å². The molecule has 0 spiro atoms. The van der Waals surface area contributed by atoms with Gasteiger partial charge in [-0.25, -0.2) is 0 Å². The van der Waals surface area contributed by atoms with Crippen LogP contribution < -0.4 is 15.1 Å². The summed E-state index contributed by atoms with van der Waals surface area (Å²) in [5.41, 5.74) is 2.11. The lowest BCUT2D eigenvalue weighted by atomic mass is 9.78. The van der Waals surface area contributed by atoms with E-state index in [-0.39, 0.29) is 5.91 Å². The summed E-state index contributed by atoms with van der Waals surface area (Å²) < 4.78 is 0. The zero-order valence-electron chi connectivity index (χ0n) is 19.1. The van der Waals surface area contributed by atoms with Gasteiger partial charge >= 0.3 is 0 Å². The number of nitrogens with zero attached hydrogens (tertiary/aromatic N) is 1. The van der Waals surface area contributed by atoms with Crippen molar-refractivity contribution in [3.8, 4) is 0 Å². The topological polar surface area (TPSA) is 58.3 Å². The van der Waals surface area contributed by atoms with Gasteiger partial charge in [-0.15, -0.1) is 0 Å². The van der Waals surface area contributed by atoms with E-state index in [2.05, 4.69) is 23.2 Å². The van der Waals surface area contributed by atoms with Gasteiger partial charge in [0.25, 0.3) is 11.8 Å². The molecule has 6 nitrogen and oxygen atoms in total. The summed E-state index contributed by atoms with van der Waals surface area (Å²) in [7, 11) is 0. The van der Waals surface area contributed by atoms with Gasteiger partial charge < -0.3 is 20.0 Å². The first kappa shape index (κ1) is 22.3. The molecule has 2 saturated heterocycles. The van der Waals surface area contributed by atoms with Crippen molar-refractivity contribution in [3.05, 3.63) is 29.8 Å². The fraction of sp³-hybridized carbons (Fsp3) is 0.680. The SMILES string of the molecule is CCc1ccccc1NC(=O)C[NH+]1CC[NH+](CC(=O)N2CCC[C@H]3CCCC[C@H]32)CC1. The molecule has 2 heterocycles. The summed E-state index contributed by atoms with van der Waals surface area (Å²) in [5.74, 6) is 1.20. The highest BCUT2D eigenvalue weighted by Gasteiger charge is 2.37. The molecular weight excluding hydrogens is 388 g/mol. The molecule has 1 aliphatic carbocycles. The summed E-state index contributed by atoms with van der Waals surface area (Å²) in [5, 5.41) is 3.09. The molecule has 170 valence electrons. The Bertz CT molecular complexity index is 758. The molecule has 4 rings (SSSR count). The van der Waals surface area contributed by atoms with Gasteiger partial charge in [-0.3, -0.25) is 9.59 Å².